The Morgan fingerprint density at radius 2 is 2.16 bits per heavy atom. The SMILES string of the molecule is N#Cc1cnc(CCOc2ccccc2Cl)nc1N. The Bertz CT molecular complexity index is 624. The Morgan fingerprint density at radius 1 is 1.37 bits per heavy atom. The first kappa shape index (κ1) is 13.1. The first-order valence-corrected chi connectivity index (χ1v) is 5.97. The van der Waals surface area contributed by atoms with Crippen LogP contribution in [0.5, 0.6) is 5.75 Å². The minimum absolute atomic E-state index is 0.185. The molecule has 2 rings (SSSR count). The van der Waals surface area contributed by atoms with Crippen LogP contribution in [0.15, 0.2) is 30.5 Å². The Hall–Kier alpha value is -2.32. The van der Waals surface area contributed by atoms with Gasteiger partial charge in [-0.15, -0.1) is 0 Å². The van der Waals surface area contributed by atoms with Crippen molar-refractivity contribution < 1.29 is 4.74 Å². The van der Waals surface area contributed by atoms with Gasteiger partial charge in [0.25, 0.3) is 0 Å². The summed E-state index contributed by atoms with van der Waals surface area (Å²) in [7, 11) is 0. The van der Waals surface area contributed by atoms with Crippen LogP contribution in [-0.2, 0) is 6.42 Å². The van der Waals surface area contributed by atoms with E-state index in [-0.39, 0.29) is 11.4 Å². The van der Waals surface area contributed by atoms with E-state index in [1.165, 1.54) is 6.20 Å². The Balaban J connectivity index is 1.95. The van der Waals surface area contributed by atoms with Gasteiger partial charge in [-0.1, -0.05) is 23.7 Å². The van der Waals surface area contributed by atoms with Crippen molar-refractivity contribution >= 4 is 17.4 Å². The lowest BCUT2D eigenvalue weighted by atomic mass is 10.3. The molecule has 0 unspecified atom stereocenters. The normalized spacial score (nSPS) is 9.89. The fourth-order valence-corrected chi connectivity index (χ4v) is 1.64. The van der Waals surface area contributed by atoms with Crippen molar-refractivity contribution in [3.05, 3.63) is 46.9 Å². The van der Waals surface area contributed by atoms with Crippen molar-refractivity contribution in [2.75, 3.05) is 12.3 Å². The molecular weight excluding hydrogens is 264 g/mol. The van der Waals surface area contributed by atoms with E-state index < -0.39 is 0 Å². The predicted octanol–water partition coefficient (Wildman–Crippen LogP) is 2.21. The molecule has 0 amide bonds. The number of rotatable bonds is 4. The monoisotopic (exact) mass is 274 g/mol. The maximum Gasteiger partial charge on any atom is 0.145 e. The molecule has 0 saturated heterocycles. The number of benzene rings is 1. The first-order chi connectivity index (χ1) is 9.20. The molecule has 0 radical (unpaired) electrons. The van der Waals surface area contributed by atoms with E-state index in [4.69, 9.17) is 27.3 Å². The molecule has 96 valence electrons. The number of anilines is 1. The summed E-state index contributed by atoms with van der Waals surface area (Å²) in [4.78, 5) is 8.07. The predicted molar refractivity (Wildman–Crippen MR) is 71.8 cm³/mol. The average Bonchev–Trinajstić information content (AvgIpc) is 2.41. The largest absolute Gasteiger partial charge is 0.492 e. The maximum atomic E-state index is 8.72. The van der Waals surface area contributed by atoms with E-state index in [1.807, 2.05) is 18.2 Å². The van der Waals surface area contributed by atoms with Gasteiger partial charge in [-0.2, -0.15) is 5.26 Å². The number of ether oxygens (including phenoxy) is 1. The molecule has 0 bridgehead atoms. The molecule has 2 aromatic rings. The molecule has 0 aliphatic carbocycles. The molecule has 0 aliphatic rings. The molecular formula is C13H11ClN4O. The highest BCUT2D eigenvalue weighted by Gasteiger charge is 2.04. The zero-order chi connectivity index (χ0) is 13.7. The number of nitriles is 1. The zero-order valence-electron chi connectivity index (χ0n) is 10.0. The lowest BCUT2D eigenvalue weighted by Crippen LogP contribution is -2.07. The fourth-order valence-electron chi connectivity index (χ4n) is 1.45. The van der Waals surface area contributed by atoms with Crippen LogP contribution < -0.4 is 10.5 Å². The lowest BCUT2D eigenvalue weighted by molar-refractivity contribution is 0.319. The summed E-state index contributed by atoms with van der Waals surface area (Å²) in [5, 5.41) is 9.27. The third-order valence-corrected chi connectivity index (χ3v) is 2.72. The van der Waals surface area contributed by atoms with Crippen LogP contribution in [0.2, 0.25) is 5.02 Å². The molecule has 0 aliphatic heterocycles. The van der Waals surface area contributed by atoms with Crippen LogP contribution in [0.4, 0.5) is 5.82 Å². The molecule has 6 heteroatoms. The highest BCUT2D eigenvalue weighted by Crippen LogP contribution is 2.23. The highest BCUT2D eigenvalue weighted by atomic mass is 35.5. The maximum absolute atomic E-state index is 8.72. The van der Waals surface area contributed by atoms with Crippen LogP contribution in [0.3, 0.4) is 0 Å². The van der Waals surface area contributed by atoms with E-state index in [2.05, 4.69) is 9.97 Å². The summed E-state index contributed by atoms with van der Waals surface area (Å²) in [6.07, 6.45) is 1.90. The van der Waals surface area contributed by atoms with Gasteiger partial charge in [-0.3, -0.25) is 0 Å². The van der Waals surface area contributed by atoms with Crippen molar-refractivity contribution in [1.82, 2.24) is 9.97 Å². The van der Waals surface area contributed by atoms with Crippen molar-refractivity contribution in [1.29, 1.82) is 5.26 Å². The summed E-state index contributed by atoms with van der Waals surface area (Å²) in [5.41, 5.74) is 5.88. The lowest BCUT2D eigenvalue weighted by Gasteiger charge is -2.07. The van der Waals surface area contributed by atoms with E-state index in [9.17, 15) is 0 Å². The zero-order valence-corrected chi connectivity index (χ0v) is 10.8. The van der Waals surface area contributed by atoms with E-state index in [0.29, 0.717) is 29.6 Å². The summed E-state index contributed by atoms with van der Waals surface area (Å²) >= 11 is 5.96. The van der Waals surface area contributed by atoms with E-state index in [1.54, 1.807) is 12.1 Å². The Labute approximate surface area is 115 Å². The van der Waals surface area contributed by atoms with Crippen molar-refractivity contribution in [2.24, 2.45) is 0 Å². The van der Waals surface area contributed by atoms with Gasteiger partial charge in [-0.05, 0) is 12.1 Å². The first-order valence-electron chi connectivity index (χ1n) is 5.59. The van der Waals surface area contributed by atoms with Gasteiger partial charge in [-0.25, -0.2) is 9.97 Å². The van der Waals surface area contributed by atoms with Crippen LogP contribution in [-0.4, -0.2) is 16.6 Å². The number of nitrogen functional groups attached to an aromatic ring is 1. The number of aromatic nitrogens is 2. The molecule has 0 fully saturated rings. The van der Waals surface area contributed by atoms with E-state index >= 15 is 0 Å². The van der Waals surface area contributed by atoms with Gasteiger partial charge in [0.05, 0.1) is 17.8 Å². The number of halogens is 1. The van der Waals surface area contributed by atoms with Crippen molar-refractivity contribution in [3.63, 3.8) is 0 Å². The number of hydrogen-bond donors (Lipinski definition) is 1. The third-order valence-electron chi connectivity index (χ3n) is 2.41. The molecule has 5 nitrogen and oxygen atoms in total. The number of nitrogens with zero attached hydrogens (tertiary/aromatic N) is 3. The Morgan fingerprint density at radius 3 is 2.84 bits per heavy atom. The summed E-state index contributed by atoms with van der Waals surface area (Å²) < 4.78 is 5.52. The van der Waals surface area contributed by atoms with Gasteiger partial charge in [0.15, 0.2) is 0 Å². The van der Waals surface area contributed by atoms with Gasteiger partial charge in [0.1, 0.15) is 29.0 Å². The van der Waals surface area contributed by atoms with Gasteiger partial charge in [0.2, 0.25) is 0 Å². The number of nitrogens with two attached hydrogens (primary N) is 1. The van der Waals surface area contributed by atoms with Crippen LogP contribution in [0.25, 0.3) is 0 Å². The molecule has 0 atom stereocenters. The van der Waals surface area contributed by atoms with Crippen molar-refractivity contribution in [2.45, 2.75) is 6.42 Å². The molecule has 19 heavy (non-hydrogen) atoms. The smallest absolute Gasteiger partial charge is 0.145 e. The van der Waals surface area contributed by atoms with Gasteiger partial charge >= 0.3 is 0 Å². The summed E-state index contributed by atoms with van der Waals surface area (Å²) in [6.45, 7) is 0.384. The molecule has 2 N–H and O–H groups in total. The van der Waals surface area contributed by atoms with E-state index in [0.717, 1.165) is 0 Å². The summed E-state index contributed by atoms with van der Waals surface area (Å²) in [6, 6.07) is 9.14. The molecule has 1 heterocycles. The molecule has 0 saturated carbocycles. The van der Waals surface area contributed by atoms with Gasteiger partial charge in [0, 0.05) is 6.42 Å². The minimum Gasteiger partial charge on any atom is -0.492 e. The van der Waals surface area contributed by atoms with Crippen molar-refractivity contribution in [3.8, 4) is 11.8 Å². The second-order valence-electron chi connectivity index (χ2n) is 3.73. The Kier molecular flexibility index (Phi) is 4.16. The van der Waals surface area contributed by atoms with Gasteiger partial charge < -0.3 is 10.5 Å². The second kappa shape index (κ2) is 6.03. The highest BCUT2D eigenvalue weighted by molar-refractivity contribution is 6.32. The topological polar surface area (TPSA) is 84.8 Å². The minimum atomic E-state index is 0.185. The van der Waals surface area contributed by atoms with Crippen LogP contribution in [0.1, 0.15) is 11.4 Å². The molecule has 0 spiro atoms. The average molecular weight is 275 g/mol. The fraction of sp³-hybridized carbons (Fsp3) is 0.154. The number of para-hydroxylation sites is 1. The quantitative estimate of drug-likeness (QED) is 0.924. The standard InChI is InChI=1S/C13H11ClN4O/c14-10-3-1-2-4-11(10)19-6-5-12-17-8-9(7-15)13(16)18-12/h1-4,8H,5-6H2,(H2,16,17,18). The molecule has 1 aromatic carbocycles. The summed E-state index contributed by atoms with van der Waals surface area (Å²) in [5.74, 6) is 1.33. The third kappa shape index (κ3) is 3.33. The second-order valence-corrected chi connectivity index (χ2v) is 4.13. The van der Waals surface area contributed by atoms with Crippen LogP contribution >= 0.6 is 11.6 Å². The van der Waals surface area contributed by atoms with Crippen LogP contribution in [0, 0.1) is 11.3 Å². The molecule has 1 aromatic heterocycles. The number of hydrogen-bond acceptors (Lipinski definition) is 5.